The molecule has 0 radical (unpaired) electrons. The van der Waals surface area contributed by atoms with Gasteiger partial charge < -0.3 is 15.5 Å². The lowest BCUT2D eigenvalue weighted by Gasteiger charge is -2.47. The van der Waals surface area contributed by atoms with E-state index in [0.717, 1.165) is 23.9 Å². The minimum Gasteiger partial charge on any atom is -0.341 e. The molecule has 8 nitrogen and oxygen atoms in total. The molecule has 2 saturated heterocycles. The lowest BCUT2D eigenvalue weighted by Crippen LogP contribution is -2.58. The zero-order valence-corrected chi connectivity index (χ0v) is 14.8. The second kappa shape index (κ2) is 7.03. The van der Waals surface area contributed by atoms with Gasteiger partial charge in [0.2, 0.25) is 11.8 Å². The summed E-state index contributed by atoms with van der Waals surface area (Å²) in [4.78, 5) is 30.2. The zero-order chi connectivity index (χ0) is 18.1. The number of amides is 2. The molecule has 2 atom stereocenters. The lowest BCUT2D eigenvalue weighted by molar-refractivity contribution is -0.144. The van der Waals surface area contributed by atoms with Crippen LogP contribution in [0, 0.1) is 5.92 Å². The van der Waals surface area contributed by atoms with Crippen LogP contribution in [0.2, 0.25) is 0 Å². The van der Waals surface area contributed by atoms with E-state index in [1.54, 1.807) is 0 Å². The van der Waals surface area contributed by atoms with Crippen molar-refractivity contribution in [2.24, 2.45) is 11.7 Å². The highest BCUT2D eigenvalue weighted by Crippen LogP contribution is 2.31. The summed E-state index contributed by atoms with van der Waals surface area (Å²) < 4.78 is 0. The quantitative estimate of drug-likeness (QED) is 0.846. The first kappa shape index (κ1) is 17.0. The molecule has 4 rings (SSSR count). The Morgan fingerprint density at radius 3 is 2.62 bits per heavy atom. The Labute approximate surface area is 151 Å². The summed E-state index contributed by atoms with van der Waals surface area (Å²) in [5.41, 5.74) is 7.25. The van der Waals surface area contributed by atoms with Crippen molar-refractivity contribution in [3.8, 4) is 0 Å². The van der Waals surface area contributed by atoms with Crippen LogP contribution in [0.4, 0.5) is 0 Å². The Hall–Kier alpha value is -2.48. The van der Waals surface area contributed by atoms with E-state index in [4.69, 9.17) is 5.73 Å². The van der Waals surface area contributed by atoms with E-state index in [2.05, 4.69) is 10.2 Å². The van der Waals surface area contributed by atoms with Gasteiger partial charge in [-0.2, -0.15) is 15.0 Å². The van der Waals surface area contributed by atoms with Crippen molar-refractivity contribution in [1.29, 1.82) is 0 Å². The number of benzene rings is 1. The minimum atomic E-state index is 0.0334. The monoisotopic (exact) mass is 356 g/mol. The Morgan fingerprint density at radius 2 is 1.92 bits per heavy atom. The first-order valence-corrected chi connectivity index (χ1v) is 9.23. The van der Waals surface area contributed by atoms with Gasteiger partial charge in [0.15, 0.2) is 0 Å². The number of aromatic nitrogens is 3. The molecule has 0 aliphatic carbocycles. The molecule has 2 fully saturated rings. The molecule has 0 bridgehead atoms. The average molecular weight is 356 g/mol. The molecule has 1 aromatic heterocycles. The molecule has 3 heterocycles. The number of hydrogen-bond donors (Lipinski definition) is 1. The van der Waals surface area contributed by atoms with E-state index in [0.29, 0.717) is 38.5 Å². The first-order valence-electron chi connectivity index (χ1n) is 9.23. The van der Waals surface area contributed by atoms with Gasteiger partial charge >= 0.3 is 0 Å². The van der Waals surface area contributed by atoms with Crippen molar-refractivity contribution in [3.05, 3.63) is 24.3 Å². The van der Waals surface area contributed by atoms with Gasteiger partial charge in [-0.25, -0.2) is 0 Å². The van der Waals surface area contributed by atoms with E-state index in [-0.39, 0.29) is 24.4 Å². The first-order chi connectivity index (χ1) is 12.7. The van der Waals surface area contributed by atoms with Gasteiger partial charge in [-0.3, -0.25) is 9.59 Å². The second-order valence-electron chi connectivity index (χ2n) is 7.09. The minimum absolute atomic E-state index is 0.0334. The van der Waals surface area contributed by atoms with Gasteiger partial charge in [-0.1, -0.05) is 12.1 Å². The van der Waals surface area contributed by atoms with Crippen LogP contribution in [0.25, 0.3) is 11.0 Å². The van der Waals surface area contributed by atoms with E-state index in [9.17, 15) is 9.59 Å². The highest BCUT2D eigenvalue weighted by atomic mass is 16.2. The smallest absolute Gasteiger partial charge is 0.246 e. The van der Waals surface area contributed by atoms with Crippen LogP contribution >= 0.6 is 0 Å². The third-order valence-electron chi connectivity index (χ3n) is 5.47. The van der Waals surface area contributed by atoms with Crippen molar-refractivity contribution < 1.29 is 9.59 Å². The zero-order valence-electron chi connectivity index (χ0n) is 14.8. The van der Waals surface area contributed by atoms with E-state index in [1.807, 2.05) is 34.1 Å². The highest BCUT2D eigenvalue weighted by molar-refractivity contribution is 5.79. The number of carbonyl (C=O) groups is 2. The maximum absolute atomic E-state index is 12.7. The third-order valence-corrected chi connectivity index (χ3v) is 5.47. The Balaban J connectivity index is 1.41. The fraction of sp³-hybridized carbons (Fsp3) is 0.556. The molecule has 1 aromatic carbocycles. The number of rotatable bonds is 4. The van der Waals surface area contributed by atoms with Gasteiger partial charge in [-0.15, -0.1) is 0 Å². The molecule has 2 amide bonds. The molecule has 2 aliphatic rings. The van der Waals surface area contributed by atoms with Crippen LogP contribution in [0.1, 0.15) is 19.3 Å². The standard InChI is InChI=1S/C18H24N6O2/c19-8-10-23-16-7-9-22(11-13(16)5-6-17(23)25)18(26)12-24-20-14-3-1-2-4-15(14)21-24/h1-4,13,16H,5-12,19H2/t13-,16+/m0/s1. The van der Waals surface area contributed by atoms with Crippen LogP contribution in [0.15, 0.2) is 24.3 Å². The summed E-state index contributed by atoms with van der Waals surface area (Å²) in [6.07, 6.45) is 2.21. The Kier molecular flexibility index (Phi) is 4.58. The van der Waals surface area contributed by atoms with Crippen molar-refractivity contribution in [1.82, 2.24) is 24.8 Å². The number of piperidine rings is 2. The lowest BCUT2D eigenvalue weighted by atomic mass is 9.83. The molecular formula is C18H24N6O2. The Bertz CT molecular complexity index is 786. The number of fused-ring (bicyclic) bond motifs is 2. The van der Waals surface area contributed by atoms with Crippen LogP contribution < -0.4 is 5.73 Å². The number of carbonyl (C=O) groups excluding carboxylic acids is 2. The average Bonchev–Trinajstić information content (AvgIpc) is 3.06. The summed E-state index contributed by atoms with van der Waals surface area (Å²) in [7, 11) is 0. The normalized spacial score (nSPS) is 23.3. The predicted octanol–water partition coefficient (Wildman–Crippen LogP) is 0.230. The van der Waals surface area contributed by atoms with E-state index < -0.39 is 0 Å². The summed E-state index contributed by atoms with van der Waals surface area (Å²) >= 11 is 0. The molecule has 138 valence electrons. The van der Waals surface area contributed by atoms with Gasteiger partial charge in [0.25, 0.3) is 0 Å². The summed E-state index contributed by atoms with van der Waals surface area (Å²) in [5.74, 6) is 0.566. The molecule has 2 N–H and O–H groups in total. The van der Waals surface area contributed by atoms with Gasteiger partial charge in [0, 0.05) is 38.6 Å². The van der Waals surface area contributed by atoms with Crippen molar-refractivity contribution in [2.45, 2.75) is 31.8 Å². The molecule has 2 aromatic rings. The summed E-state index contributed by atoms with van der Waals surface area (Å²) in [6, 6.07) is 7.81. The van der Waals surface area contributed by atoms with E-state index >= 15 is 0 Å². The van der Waals surface area contributed by atoms with Crippen LogP contribution in [0.3, 0.4) is 0 Å². The fourth-order valence-corrected chi connectivity index (χ4v) is 4.20. The second-order valence-corrected chi connectivity index (χ2v) is 7.09. The van der Waals surface area contributed by atoms with Crippen LogP contribution in [0.5, 0.6) is 0 Å². The SMILES string of the molecule is NCCN1C(=O)CC[C@H]2CN(C(=O)Cn3nc4ccccc4n3)CC[C@H]21. The molecule has 2 aliphatic heterocycles. The summed E-state index contributed by atoms with van der Waals surface area (Å²) in [6.45, 7) is 2.60. The molecule has 8 heteroatoms. The maximum atomic E-state index is 12.7. The maximum Gasteiger partial charge on any atom is 0.246 e. The molecule has 26 heavy (non-hydrogen) atoms. The Morgan fingerprint density at radius 1 is 1.19 bits per heavy atom. The fourth-order valence-electron chi connectivity index (χ4n) is 4.20. The largest absolute Gasteiger partial charge is 0.341 e. The number of nitrogens with zero attached hydrogens (tertiary/aromatic N) is 5. The van der Waals surface area contributed by atoms with Crippen LogP contribution in [-0.2, 0) is 16.1 Å². The van der Waals surface area contributed by atoms with E-state index in [1.165, 1.54) is 4.80 Å². The molecule has 0 saturated carbocycles. The van der Waals surface area contributed by atoms with Crippen molar-refractivity contribution in [3.63, 3.8) is 0 Å². The number of likely N-dealkylation sites (tertiary alicyclic amines) is 2. The third kappa shape index (κ3) is 3.16. The topological polar surface area (TPSA) is 97.3 Å². The molecular weight excluding hydrogens is 332 g/mol. The van der Waals surface area contributed by atoms with Crippen LogP contribution in [-0.4, -0.2) is 68.8 Å². The van der Waals surface area contributed by atoms with Gasteiger partial charge in [0.05, 0.1) is 0 Å². The van der Waals surface area contributed by atoms with Gasteiger partial charge in [-0.05, 0) is 30.9 Å². The van der Waals surface area contributed by atoms with Gasteiger partial charge in [0.1, 0.15) is 17.6 Å². The predicted molar refractivity (Wildman–Crippen MR) is 96.0 cm³/mol. The highest BCUT2D eigenvalue weighted by Gasteiger charge is 2.39. The van der Waals surface area contributed by atoms with Crippen molar-refractivity contribution >= 4 is 22.8 Å². The molecule has 0 spiro atoms. The summed E-state index contributed by atoms with van der Waals surface area (Å²) in [5, 5.41) is 8.73. The van der Waals surface area contributed by atoms with Crippen molar-refractivity contribution in [2.75, 3.05) is 26.2 Å². The number of hydrogen-bond acceptors (Lipinski definition) is 5. The number of nitrogens with two attached hydrogens (primary N) is 1. The molecule has 0 unspecified atom stereocenters.